The Morgan fingerprint density at radius 2 is 2.04 bits per heavy atom. The van der Waals surface area contributed by atoms with Crippen molar-refractivity contribution in [3.05, 3.63) is 59.7 Å². The van der Waals surface area contributed by atoms with E-state index in [1.165, 1.54) is 12.1 Å². The first-order chi connectivity index (χ1) is 12.6. The summed E-state index contributed by atoms with van der Waals surface area (Å²) < 4.78 is 18.5. The molecule has 0 saturated carbocycles. The highest BCUT2D eigenvalue weighted by atomic mass is 19.1. The fourth-order valence-corrected chi connectivity index (χ4v) is 3.62. The van der Waals surface area contributed by atoms with Crippen molar-refractivity contribution in [3.63, 3.8) is 0 Å². The molecule has 136 valence electrons. The summed E-state index contributed by atoms with van der Waals surface area (Å²) in [5, 5.41) is 9.26. The van der Waals surface area contributed by atoms with Gasteiger partial charge in [0, 0.05) is 25.0 Å². The molecule has 1 N–H and O–H groups in total. The predicted octanol–water partition coefficient (Wildman–Crippen LogP) is 1.97. The lowest BCUT2D eigenvalue weighted by molar-refractivity contribution is 0.136. The lowest BCUT2D eigenvalue weighted by Crippen LogP contribution is -2.39. The van der Waals surface area contributed by atoms with E-state index in [1.54, 1.807) is 23.2 Å². The van der Waals surface area contributed by atoms with E-state index in [0.29, 0.717) is 31.7 Å². The first-order valence-electron chi connectivity index (χ1n) is 8.66. The van der Waals surface area contributed by atoms with Crippen LogP contribution in [0.2, 0.25) is 0 Å². The van der Waals surface area contributed by atoms with Crippen LogP contribution in [-0.2, 0) is 17.8 Å². The molecule has 3 heterocycles. The second kappa shape index (κ2) is 6.92. The van der Waals surface area contributed by atoms with Crippen molar-refractivity contribution in [2.75, 3.05) is 24.5 Å². The lowest BCUT2D eigenvalue weighted by atomic mass is 10.1. The van der Waals surface area contributed by atoms with Gasteiger partial charge < -0.3 is 14.7 Å². The highest BCUT2D eigenvalue weighted by Gasteiger charge is 2.47. The zero-order chi connectivity index (χ0) is 18.1. The molecule has 2 aliphatic rings. The van der Waals surface area contributed by atoms with E-state index in [4.69, 9.17) is 4.74 Å². The van der Waals surface area contributed by atoms with E-state index in [0.717, 1.165) is 11.3 Å². The number of amides is 1. The molecule has 0 bridgehead atoms. The highest BCUT2D eigenvalue weighted by Crippen LogP contribution is 2.30. The highest BCUT2D eigenvalue weighted by molar-refractivity contribution is 5.72. The predicted molar refractivity (Wildman–Crippen MR) is 93.2 cm³/mol. The van der Waals surface area contributed by atoms with E-state index in [-0.39, 0.29) is 30.7 Å². The number of carbonyl (C=O) groups is 1. The van der Waals surface area contributed by atoms with Crippen LogP contribution in [0.5, 0.6) is 0 Å². The van der Waals surface area contributed by atoms with Gasteiger partial charge in [0.1, 0.15) is 11.9 Å². The molecule has 0 radical (unpaired) electrons. The fraction of sp³-hybridized carbons (Fsp3) is 0.368. The molecule has 2 saturated heterocycles. The van der Waals surface area contributed by atoms with Gasteiger partial charge in [0.25, 0.3) is 0 Å². The van der Waals surface area contributed by atoms with Crippen LogP contribution in [0.15, 0.2) is 42.6 Å². The molecule has 1 aromatic carbocycles. The van der Waals surface area contributed by atoms with Crippen molar-refractivity contribution in [3.8, 4) is 0 Å². The largest absolute Gasteiger partial charge is 0.442 e. The number of halogens is 1. The second-order valence-electron chi connectivity index (χ2n) is 6.63. The van der Waals surface area contributed by atoms with Gasteiger partial charge in [0.05, 0.1) is 24.9 Å². The Bertz CT molecular complexity index is 799. The Labute approximate surface area is 150 Å². The van der Waals surface area contributed by atoms with E-state index < -0.39 is 0 Å². The second-order valence-corrected chi connectivity index (χ2v) is 6.63. The summed E-state index contributed by atoms with van der Waals surface area (Å²) in [6.07, 6.45) is 1.88. The molecular formula is C19H20FN3O3. The molecule has 1 aromatic heterocycles. The quantitative estimate of drug-likeness (QED) is 0.886. The van der Waals surface area contributed by atoms with Crippen LogP contribution in [0.3, 0.4) is 0 Å². The van der Waals surface area contributed by atoms with Crippen LogP contribution in [0.25, 0.3) is 0 Å². The summed E-state index contributed by atoms with van der Waals surface area (Å²) in [4.78, 5) is 20.2. The van der Waals surface area contributed by atoms with E-state index in [9.17, 15) is 14.3 Å². The van der Waals surface area contributed by atoms with Gasteiger partial charge in [-0.2, -0.15) is 0 Å². The van der Waals surface area contributed by atoms with Crippen molar-refractivity contribution in [1.82, 2.24) is 9.88 Å². The van der Waals surface area contributed by atoms with Crippen LogP contribution >= 0.6 is 0 Å². The van der Waals surface area contributed by atoms with Crippen LogP contribution < -0.4 is 4.90 Å². The number of benzene rings is 1. The summed E-state index contributed by atoms with van der Waals surface area (Å²) in [6, 6.07) is 10.1. The molecule has 0 unspecified atom stereocenters. The monoisotopic (exact) mass is 357 g/mol. The number of aromatic nitrogens is 1. The van der Waals surface area contributed by atoms with Gasteiger partial charge in [-0.05, 0) is 36.2 Å². The fourth-order valence-electron chi connectivity index (χ4n) is 3.62. The van der Waals surface area contributed by atoms with Gasteiger partial charge in [-0.3, -0.25) is 9.88 Å². The molecule has 1 amide bonds. The zero-order valence-corrected chi connectivity index (χ0v) is 14.2. The molecule has 2 fully saturated rings. The number of rotatable bonds is 5. The minimum absolute atomic E-state index is 0.00584. The van der Waals surface area contributed by atoms with E-state index >= 15 is 0 Å². The van der Waals surface area contributed by atoms with Gasteiger partial charge in [-0.1, -0.05) is 12.1 Å². The Morgan fingerprint density at radius 3 is 2.81 bits per heavy atom. The number of nitrogens with zero attached hydrogens (tertiary/aromatic N) is 3. The van der Waals surface area contributed by atoms with Crippen LogP contribution in [0.4, 0.5) is 14.9 Å². The van der Waals surface area contributed by atoms with Crippen LogP contribution in [-0.4, -0.2) is 52.9 Å². The number of aliphatic hydroxyl groups excluding tert-OH is 1. The molecule has 2 atom stereocenters. The summed E-state index contributed by atoms with van der Waals surface area (Å²) in [7, 11) is 0. The van der Waals surface area contributed by atoms with Gasteiger partial charge >= 0.3 is 6.09 Å². The number of anilines is 1. The average Bonchev–Trinajstić information content (AvgIpc) is 3.19. The lowest BCUT2D eigenvalue weighted by Gasteiger charge is -2.23. The minimum atomic E-state index is -0.285. The van der Waals surface area contributed by atoms with Gasteiger partial charge in [0.15, 0.2) is 0 Å². The SMILES string of the molecule is O=C1O[C@H]2CN(c3ccnc(CO)c3)C[C@H]2N1CCc1ccc(F)cc1. The first-order valence-corrected chi connectivity index (χ1v) is 8.66. The number of fused-ring (bicyclic) bond motifs is 1. The molecular weight excluding hydrogens is 337 g/mol. The van der Waals surface area contributed by atoms with Crippen molar-refractivity contribution < 1.29 is 19.0 Å². The molecule has 0 aliphatic carbocycles. The van der Waals surface area contributed by atoms with Crippen molar-refractivity contribution in [2.45, 2.75) is 25.2 Å². The Hall–Kier alpha value is -2.67. The van der Waals surface area contributed by atoms with Gasteiger partial charge in [-0.15, -0.1) is 0 Å². The maximum Gasteiger partial charge on any atom is 0.410 e. The van der Waals surface area contributed by atoms with Crippen molar-refractivity contribution in [1.29, 1.82) is 0 Å². The minimum Gasteiger partial charge on any atom is -0.442 e. The first kappa shape index (κ1) is 16.8. The number of ether oxygens (including phenoxy) is 1. The van der Waals surface area contributed by atoms with Crippen molar-refractivity contribution in [2.24, 2.45) is 0 Å². The smallest absolute Gasteiger partial charge is 0.410 e. The van der Waals surface area contributed by atoms with Crippen LogP contribution in [0.1, 0.15) is 11.3 Å². The summed E-state index contributed by atoms with van der Waals surface area (Å²) >= 11 is 0. The number of hydrogen-bond donors (Lipinski definition) is 1. The molecule has 4 rings (SSSR count). The van der Waals surface area contributed by atoms with Crippen molar-refractivity contribution >= 4 is 11.8 Å². The standard InChI is InChI=1S/C19H20FN3O3/c20-14-3-1-13(2-4-14)6-8-23-17-10-22(11-18(17)26-19(23)25)16-5-7-21-15(9-16)12-24/h1-5,7,9,17-18,24H,6,8,10-12H2/t17-,18+/m1/s1. The average molecular weight is 357 g/mol. The number of aliphatic hydroxyl groups is 1. The normalized spacial score (nSPS) is 21.8. The van der Waals surface area contributed by atoms with E-state index in [1.807, 2.05) is 12.1 Å². The number of hydrogen-bond acceptors (Lipinski definition) is 5. The summed E-state index contributed by atoms with van der Waals surface area (Å²) in [6.45, 7) is 1.73. The van der Waals surface area contributed by atoms with Gasteiger partial charge in [-0.25, -0.2) is 9.18 Å². The topological polar surface area (TPSA) is 65.9 Å². The third kappa shape index (κ3) is 3.22. The maximum atomic E-state index is 13.0. The third-order valence-electron chi connectivity index (χ3n) is 5.01. The Balaban J connectivity index is 1.43. The van der Waals surface area contributed by atoms with E-state index in [2.05, 4.69) is 9.88 Å². The molecule has 6 nitrogen and oxygen atoms in total. The molecule has 2 aromatic rings. The summed E-state index contributed by atoms with van der Waals surface area (Å²) in [5.74, 6) is -0.263. The Morgan fingerprint density at radius 1 is 1.23 bits per heavy atom. The summed E-state index contributed by atoms with van der Waals surface area (Å²) in [5.41, 5.74) is 2.57. The maximum absolute atomic E-state index is 13.0. The Kier molecular flexibility index (Phi) is 4.46. The number of carbonyl (C=O) groups excluding carboxylic acids is 1. The van der Waals surface area contributed by atoms with Gasteiger partial charge in [0.2, 0.25) is 0 Å². The molecule has 26 heavy (non-hydrogen) atoms. The zero-order valence-electron chi connectivity index (χ0n) is 14.2. The third-order valence-corrected chi connectivity index (χ3v) is 5.01. The molecule has 2 aliphatic heterocycles. The van der Waals surface area contributed by atoms with Crippen LogP contribution in [0, 0.1) is 5.82 Å². The number of pyridine rings is 1. The molecule has 7 heteroatoms. The molecule has 0 spiro atoms.